The summed E-state index contributed by atoms with van der Waals surface area (Å²) in [4.78, 5) is 31.2. The average molecular weight is 433 g/mol. The van der Waals surface area contributed by atoms with E-state index < -0.39 is 22.0 Å². The van der Waals surface area contributed by atoms with Gasteiger partial charge in [0, 0.05) is 17.8 Å². The molecular weight excluding hydrogens is 404 g/mol. The van der Waals surface area contributed by atoms with Gasteiger partial charge in [0.1, 0.15) is 11.4 Å². The smallest absolute Gasteiger partial charge is 0.253 e. The van der Waals surface area contributed by atoms with Gasteiger partial charge >= 0.3 is 0 Å². The summed E-state index contributed by atoms with van der Waals surface area (Å²) in [7, 11) is 0. The summed E-state index contributed by atoms with van der Waals surface area (Å²) in [6.07, 6.45) is 3.76. The van der Waals surface area contributed by atoms with Crippen molar-refractivity contribution in [3.63, 3.8) is 0 Å². The molecule has 6 heteroatoms. The van der Waals surface area contributed by atoms with E-state index in [-0.39, 0.29) is 24.7 Å². The lowest BCUT2D eigenvalue weighted by molar-refractivity contribution is -0.139. The third-order valence-corrected chi connectivity index (χ3v) is 7.73. The van der Waals surface area contributed by atoms with Crippen molar-refractivity contribution < 1.29 is 19.4 Å². The number of pyridine rings is 1. The first-order chi connectivity index (χ1) is 15.1. The van der Waals surface area contributed by atoms with Gasteiger partial charge < -0.3 is 15.2 Å². The van der Waals surface area contributed by atoms with Gasteiger partial charge in [-0.1, -0.05) is 44.2 Å². The van der Waals surface area contributed by atoms with Crippen LogP contribution in [0, 0.1) is 10.8 Å². The minimum absolute atomic E-state index is 0.0156. The number of amides is 1. The lowest BCUT2D eigenvalue weighted by Gasteiger charge is -2.52. The first-order valence-corrected chi connectivity index (χ1v) is 11.0. The Morgan fingerprint density at radius 1 is 1.03 bits per heavy atom. The predicted molar refractivity (Wildman–Crippen MR) is 119 cm³/mol. The van der Waals surface area contributed by atoms with E-state index in [0.717, 1.165) is 16.7 Å². The fourth-order valence-electron chi connectivity index (χ4n) is 6.29. The molecule has 32 heavy (non-hydrogen) atoms. The van der Waals surface area contributed by atoms with Gasteiger partial charge in [0.05, 0.1) is 29.7 Å². The molecule has 6 nitrogen and oxygen atoms in total. The van der Waals surface area contributed by atoms with Gasteiger partial charge in [-0.3, -0.25) is 14.6 Å². The molecule has 3 aliphatic rings. The second kappa shape index (κ2) is 6.83. The minimum Gasteiger partial charge on any atom is -0.384 e. The van der Waals surface area contributed by atoms with Crippen molar-refractivity contribution in [1.82, 2.24) is 10.3 Å². The van der Waals surface area contributed by atoms with Gasteiger partial charge in [0.15, 0.2) is 0 Å². The molecule has 1 aliphatic heterocycles. The lowest BCUT2D eigenvalue weighted by Crippen LogP contribution is -2.61. The average Bonchev–Trinajstić information content (AvgIpc) is 3.34. The highest BCUT2D eigenvalue weighted by Gasteiger charge is 2.71. The van der Waals surface area contributed by atoms with Crippen LogP contribution in [0.5, 0.6) is 0 Å². The summed E-state index contributed by atoms with van der Waals surface area (Å²) in [6, 6.07) is 13.1. The summed E-state index contributed by atoms with van der Waals surface area (Å²) in [5.74, 6) is -0.263. The Balaban J connectivity index is 1.74. The summed E-state index contributed by atoms with van der Waals surface area (Å²) < 4.78 is 5.87. The number of ketones is 1. The molecule has 2 aliphatic carbocycles. The Bertz CT molecular complexity index is 1130. The highest BCUT2D eigenvalue weighted by molar-refractivity contribution is 5.97. The molecule has 2 N–H and O–H groups in total. The number of fused-ring (bicyclic) bond motifs is 2. The number of nitrogens with zero attached hydrogens (tertiary/aromatic N) is 1. The van der Waals surface area contributed by atoms with Crippen molar-refractivity contribution in [2.75, 3.05) is 13.2 Å². The first kappa shape index (κ1) is 21.0. The van der Waals surface area contributed by atoms with Gasteiger partial charge in [-0.2, -0.15) is 0 Å². The van der Waals surface area contributed by atoms with Gasteiger partial charge in [-0.25, -0.2) is 0 Å². The molecular formula is C26H28N2O4. The fourth-order valence-corrected chi connectivity index (χ4v) is 6.29. The highest BCUT2D eigenvalue weighted by Crippen LogP contribution is 2.65. The third kappa shape index (κ3) is 2.69. The molecule has 0 radical (unpaired) electrons. The highest BCUT2D eigenvalue weighted by atomic mass is 16.5. The van der Waals surface area contributed by atoms with E-state index in [4.69, 9.17) is 4.74 Å². The maximum absolute atomic E-state index is 13.7. The quantitative estimate of drug-likeness (QED) is 0.728. The Kier molecular flexibility index (Phi) is 4.49. The number of carbonyl (C=O) groups is 2. The zero-order valence-electron chi connectivity index (χ0n) is 18.6. The van der Waals surface area contributed by atoms with E-state index in [1.165, 1.54) is 6.20 Å². The minimum atomic E-state index is -1.29. The molecule has 2 aromatic rings. The maximum Gasteiger partial charge on any atom is 0.253 e. The van der Waals surface area contributed by atoms with Gasteiger partial charge in [0.25, 0.3) is 5.91 Å². The van der Waals surface area contributed by atoms with Crippen molar-refractivity contribution >= 4 is 11.7 Å². The van der Waals surface area contributed by atoms with Crippen LogP contribution in [0.15, 0.2) is 66.0 Å². The van der Waals surface area contributed by atoms with Gasteiger partial charge in [0.2, 0.25) is 0 Å². The van der Waals surface area contributed by atoms with Crippen LogP contribution in [0.4, 0.5) is 0 Å². The van der Waals surface area contributed by atoms with Crippen LogP contribution in [0.1, 0.15) is 49.5 Å². The summed E-state index contributed by atoms with van der Waals surface area (Å²) >= 11 is 0. The summed E-state index contributed by atoms with van der Waals surface area (Å²) in [5.41, 5.74) is -1.12. The number of rotatable bonds is 3. The van der Waals surface area contributed by atoms with Crippen molar-refractivity contribution in [2.45, 2.75) is 44.8 Å². The number of ether oxygens (including phenoxy) is 1. The van der Waals surface area contributed by atoms with E-state index >= 15 is 0 Å². The number of carbonyl (C=O) groups excluding carboxylic acids is 2. The molecule has 1 aromatic carbocycles. The van der Waals surface area contributed by atoms with E-state index in [1.54, 1.807) is 18.3 Å². The van der Waals surface area contributed by atoms with E-state index in [0.29, 0.717) is 18.6 Å². The maximum atomic E-state index is 13.7. The van der Waals surface area contributed by atoms with E-state index in [1.807, 2.05) is 51.1 Å². The van der Waals surface area contributed by atoms with Crippen LogP contribution in [0.2, 0.25) is 0 Å². The van der Waals surface area contributed by atoms with Crippen LogP contribution < -0.4 is 5.32 Å². The molecule has 1 fully saturated rings. The van der Waals surface area contributed by atoms with Crippen molar-refractivity contribution in [1.29, 1.82) is 0 Å². The van der Waals surface area contributed by atoms with Crippen LogP contribution in [-0.2, 0) is 15.1 Å². The van der Waals surface area contributed by atoms with Crippen LogP contribution in [-0.4, -0.2) is 40.6 Å². The van der Waals surface area contributed by atoms with Crippen molar-refractivity contribution in [3.8, 4) is 0 Å². The summed E-state index contributed by atoms with van der Waals surface area (Å²) in [5, 5.41) is 15.3. The third-order valence-electron chi connectivity index (χ3n) is 7.73. The SMILES string of the molecule is CC1(C)C[C@]2(O)C3=C(COC3)[C@](NC(=O)c3cccnc3)(c3ccccc3)C[C@@]2(C)C1=O. The Morgan fingerprint density at radius 2 is 1.75 bits per heavy atom. The Hall–Kier alpha value is -2.83. The molecule has 2 heterocycles. The van der Waals surface area contributed by atoms with Crippen molar-refractivity contribution in [2.24, 2.45) is 10.8 Å². The molecule has 1 saturated carbocycles. The molecule has 5 rings (SSSR count). The largest absolute Gasteiger partial charge is 0.384 e. The number of nitrogens with one attached hydrogen (secondary N) is 1. The van der Waals surface area contributed by atoms with Crippen LogP contribution in [0.3, 0.4) is 0 Å². The van der Waals surface area contributed by atoms with Crippen LogP contribution in [0.25, 0.3) is 0 Å². The second-order valence-corrected chi connectivity index (χ2v) is 10.2. The molecule has 1 amide bonds. The molecule has 0 unspecified atom stereocenters. The van der Waals surface area contributed by atoms with E-state index in [9.17, 15) is 14.7 Å². The molecule has 0 spiro atoms. The van der Waals surface area contributed by atoms with Crippen molar-refractivity contribution in [3.05, 3.63) is 77.1 Å². The van der Waals surface area contributed by atoms with Gasteiger partial charge in [-0.05, 0) is 48.6 Å². The molecule has 1 aromatic heterocycles. The number of aromatic nitrogens is 1. The topological polar surface area (TPSA) is 88.5 Å². The number of hydrogen-bond acceptors (Lipinski definition) is 5. The Labute approximate surface area is 187 Å². The molecule has 0 bridgehead atoms. The predicted octanol–water partition coefficient (Wildman–Crippen LogP) is 3.17. The number of aliphatic hydroxyl groups is 1. The van der Waals surface area contributed by atoms with Crippen LogP contribution >= 0.6 is 0 Å². The first-order valence-electron chi connectivity index (χ1n) is 11.0. The zero-order valence-corrected chi connectivity index (χ0v) is 18.6. The van der Waals surface area contributed by atoms with E-state index in [2.05, 4.69) is 10.3 Å². The monoisotopic (exact) mass is 432 g/mol. The molecule has 166 valence electrons. The summed E-state index contributed by atoms with van der Waals surface area (Å²) in [6.45, 7) is 6.18. The number of hydrogen-bond donors (Lipinski definition) is 2. The zero-order chi connectivity index (χ0) is 22.8. The number of Topliss-reactive ketones (excluding diaryl/α,β-unsaturated/α-hetero) is 1. The fraction of sp³-hybridized carbons (Fsp3) is 0.423. The second-order valence-electron chi connectivity index (χ2n) is 10.2. The normalized spacial score (nSPS) is 33.1. The molecule has 0 saturated heterocycles. The van der Waals surface area contributed by atoms with Gasteiger partial charge in [-0.15, -0.1) is 0 Å². The Morgan fingerprint density at radius 3 is 2.44 bits per heavy atom. The molecule has 3 atom stereocenters. The standard InChI is InChI=1S/C26H28N2O4/c1-23(2)15-26(31)20-14-32-13-19(20)25(16-24(26,3)22(23)30,18-9-5-4-6-10-18)28-21(29)17-8-7-11-27-12-17/h4-12,31H,13-16H2,1-3H3,(H,28,29)/t24-,25+,26-/m0/s1. The lowest BCUT2D eigenvalue weighted by atomic mass is 9.56. The number of benzene rings is 1.